The minimum Gasteiger partial charge on any atom is -0.345 e. The van der Waals surface area contributed by atoms with E-state index >= 15 is 0 Å². The van der Waals surface area contributed by atoms with Crippen LogP contribution >= 0.6 is 11.6 Å². The Morgan fingerprint density at radius 1 is 1.62 bits per heavy atom. The zero-order chi connectivity index (χ0) is 10.1. The van der Waals surface area contributed by atoms with Crippen molar-refractivity contribution in [3.63, 3.8) is 0 Å². The Bertz CT molecular complexity index is 313. The van der Waals surface area contributed by atoms with Gasteiger partial charge in [-0.3, -0.25) is 4.79 Å². The molecular weight excluding hydrogens is 190 g/mol. The molecule has 13 heavy (non-hydrogen) atoms. The minimum absolute atomic E-state index is 0.236. The third-order valence-corrected chi connectivity index (χ3v) is 1.44. The van der Waals surface area contributed by atoms with Crippen molar-refractivity contribution in [2.24, 2.45) is 0 Å². The van der Waals surface area contributed by atoms with Gasteiger partial charge in [-0.1, -0.05) is 11.6 Å². The van der Waals surface area contributed by atoms with Crippen molar-refractivity contribution >= 4 is 17.5 Å². The fourth-order valence-corrected chi connectivity index (χ4v) is 0.952. The van der Waals surface area contributed by atoms with Crippen LogP contribution < -0.4 is 5.32 Å². The molecule has 0 spiro atoms. The number of aromatic nitrogens is 2. The summed E-state index contributed by atoms with van der Waals surface area (Å²) in [6.07, 6.45) is 1.40. The summed E-state index contributed by atoms with van der Waals surface area (Å²) >= 11 is 5.58. The Hall–Kier alpha value is -1.03. The molecule has 0 saturated carbocycles. The van der Waals surface area contributed by atoms with Gasteiger partial charge in [0.1, 0.15) is 5.15 Å². The molecule has 2 N–H and O–H groups in total. The van der Waals surface area contributed by atoms with Gasteiger partial charge in [-0.15, -0.1) is 0 Å². The number of carbonyl (C=O) groups is 1. The zero-order valence-electron chi connectivity index (χ0n) is 7.81. The molecule has 1 heterocycles. The minimum atomic E-state index is -0.268. The smallest absolute Gasteiger partial charge is 0.287 e. The lowest BCUT2D eigenvalue weighted by Crippen LogP contribution is -2.41. The van der Waals surface area contributed by atoms with Gasteiger partial charge in [-0.05, 0) is 20.8 Å². The summed E-state index contributed by atoms with van der Waals surface area (Å²) in [5.41, 5.74) is -0.268. The van der Waals surface area contributed by atoms with E-state index in [-0.39, 0.29) is 17.3 Å². The molecular formula is C8H12ClN3O. The molecule has 0 aliphatic heterocycles. The van der Waals surface area contributed by atoms with Crippen LogP contribution in [-0.4, -0.2) is 21.4 Å². The summed E-state index contributed by atoms with van der Waals surface area (Å²) in [7, 11) is 0. The standard InChI is InChI=1S/C8H12ClN3O/c1-8(2,3)12-7(13)6-10-4-5(9)11-6/h4H,1-3H3,(H,10,11)(H,12,13). The highest BCUT2D eigenvalue weighted by Crippen LogP contribution is 2.05. The van der Waals surface area contributed by atoms with Crippen molar-refractivity contribution < 1.29 is 4.79 Å². The van der Waals surface area contributed by atoms with Crippen LogP contribution in [0.4, 0.5) is 0 Å². The largest absolute Gasteiger partial charge is 0.345 e. The van der Waals surface area contributed by atoms with E-state index in [1.54, 1.807) is 0 Å². The molecule has 0 saturated heterocycles. The lowest BCUT2D eigenvalue weighted by atomic mass is 10.1. The van der Waals surface area contributed by atoms with Gasteiger partial charge >= 0.3 is 0 Å². The molecule has 0 radical (unpaired) electrons. The van der Waals surface area contributed by atoms with E-state index in [1.807, 2.05) is 20.8 Å². The van der Waals surface area contributed by atoms with Crippen LogP contribution in [0.15, 0.2) is 6.20 Å². The van der Waals surface area contributed by atoms with E-state index in [1.165, 1.54) is 6.20 Å². The number of hydrogen-bond acceptors (Lipinski definition) is 2. The van der Waals surface area contributed by atoms with Crippen LogP contribution in [-0.2, 0) is 0 Å². The van der Waals surface area contributed by atoms with E-state index in [2.05, 4.69) is 15.3 Å². The fraction of sp³-hybridized carbons (Fsp3) is 0.500. The van der Waals surface area contributed by atoms with Crippen LogP contribution in [0.5, 0.6) is 0 Å². The average Bonchev–Trinajstić information content (AvgIpc) is 2.31. The van der Waals surface area contributed by atoms with E-state index in [9.17, 15) is 4.79 Å². The second-order valence-electron chi connectivity index (χ2n) is 3.78. The number of imidazole rings is 1. The predicted octanol–water partition coefficient (Wildman–Crippen LogP) is 1.59. The molecule has 0 aromatic carbocycles. The first-order chi connectivity index (χ1) is 5.88. The van der Waals surface area contributed by atoms with Gasteiger partial charge in [0.15, 0.2) is 5.82 Å². The van der Waals surface area contributed by atoms with Gasteiger partial charge in [0.25, 0.3) is 5.91 Å². The van der Waals surface area contributed by atoms with Gasteiger partial charge in [-0.2, -0.15) is 0 Å². The Morgan fingerprint density at radius 3 is 2.62 bits per heavy atom. The summed E-state index contributed by atoms with van der Waals surface area (Å²) in [4.78, 5) is 17.9. The van der Waals surface area contributed by atoms with Crippen LogP contribution in [0.25, 0.3) is 0 Å². The predicted molar refractivity (Wildman–Crippen MR) is 50.8 cm³/mol. The number of halogens is 1. The van der Waals surface area contributed by atoms with Gasteiger partial charge in [0.05, 0.1) is 6.20 Å². The normalized spacial score (nSPS) is 11.4. The molecule has 1 aromatic rings. The number of carbonyl (C=O) groups excluding carboxylic acids is 1. The number of H-pyrrole nitrogens is 1. The molecule has 1 aromatic heterocycles. The number of nitrogens with zero attached hydrogens (tertiary/aromatic N) is 1. The molecule has 0 unspecified atom stereocenters. The topological polar surface area (TPSA) is 57.8 Å². The van der Waals surface area contributed by atoms with Gasteiger partial charge in [0.2, 0.25) is 0 Å². The van der Waals surface area contributed by atoms with Crippen molar-refractivity contribution in [2.45, 2.75) is 26.3 Å². The third-order valence-electron chi connectivity index (χ3n) is 1.25. The first-order valence-electron chi connectivity index (χ1n) is 3.91. The first kappa shape index (κ1) is 10.1. The average molecular weight is 202 g/mol. The zero-order valence-corrected chi connectivity index (χ0v) is 8.57. The van der Waals surface area contributed by atoms with E-state index in [4.69, 9.17) is 11.6 Å². The molecule has 4 nitrogen and oxygen atoms in total. The van der Waals surface area contributed by atoms with Gasteiger partial charge in [0, 0.05) is 5.54 Å². The number of amides is 1. The van der Waals surface area contributed by atoms with Crippen molar-refractivity contribution in [1.29, 1.82) is 0 Å². The Labute approximate surface area is 81.7 Å². The molecule has 0 aliphatic carbocycles. The van der Waals surface area contributed by atoms with E-state index in [0.717, 1.165) is 0 Å². The van der Waals surface area contributed by atoms with Crippen molar-refractivity contribution in [3.05, 3.63) is 17.2 Å². The fourth-order valence-electron chi connectivity index (χ4n) is 0.814. The molecule has 0 fully saturated rings. The van der Waals surface area contributed by atoms with Crippen molar-refractivity contribution in [3.8, 4) is 0 Å². The highest BCUT2D eigenvalue weighted by atomic mass is 35.5. The molecule has 0 aliphatic rings. The summed E-state index contributed by atoms with van der Waals surface area (Å²) in [6, 6.07) is 0. The highest BCUT2D eigenvalue weighted by molar-refractivity contribution is 6.29. The second-order valence-corrected chi connectivity index (χ2v) is 4.19. The number of aromatic amines is 1. The lowest BCUT2D eigenvalue weighted by molar-refractivity contribution is 0.0910. The number of hydrogen-bond donors (Lipinski definition) is 2. The van der Waals surface area contributed by atoms with Crippen LogP contribution in [0.2, 0.25) is 5.15 Å². The molecule has 0 bridgehead atoms. The van der Waals surface area contributed by atoms with Crippen LogP contribution in [0.1, 0.15) is 31.4 Å². The maximum absolute atomic E-state index is 11.4. The highest BCUT2D eigenvalue weighted by Gasteiger charge is 2.17. The molecule has 0 atom stereocenters. The second kappa shape index (κ2) is 3.38. The lowest BCUT2D eigenvalue weighted by Gasteiger charge is -2.19. The molecule has 5 heteroatoms. The van der Waals surface area contributed by atoms with E-state index in [0.29, 0.717) is 5.15 Å². The van der Waals surface area contributed by atoms with Crippen molar-refractivity contribution in [1.82, 2.24) is 15.3 Å². The maximum Gasteiger partial charge on any atom is 0.287 e. The SMILES string of the molecule is CC(C)(C)NC(=O)c1ncc(Cl)[nH]1. The van der Waals surface area contributed by atoms with Gasteiger partial charge < -0.3 is 10.3 Å². The molecule has 1 amide bonds. The Morgan fingerprint density at radius 2 is 2.23 bits per heavy atom. The Kier molecular flexibility index (Phi) is 2.61. The monoisotopic (exact) mass is 201 g/mol. The van der Waals surface area contributed by atoms with E-state index < -0.39 is 0 Å². The maximum atomic E-state index is 11.4. The Balaban J connectivity index is 2.70. The van der Waals surface area contributed by atoms with Gasteiger partial charge in [-0.25, -0.2) is 4.98 Å². The quantitative estimate of drug-likeness (QED) is 0.725. The molecule has 72 valence electrons. The van der Waals surface area contributed by atoms with Crippen molar-refractivity contribution in [2.75, 3.05) is 0 Å². The summed E-state index contributed by atoms with van der Waals surface area (Å²) in [6.45, 7) is 5.69. The summed E-state index contributed by atoms with van der Waals surface area (Å²) in [5, 5.41) is 3.12. The third kappa shape index (κ3) is 3.06. The van der Waals surface area contributed by atoms with Crippen LogP contribution in [0.3, 0.4) is 0 Å². The first-order valence-corrected chi connectivity index (χ1v) is 4.29. The summed E-state index contributed by atoms with van der Waals surface area (Å²) in [5.74, 6) is -0.0145. The summed E-state index contributed by atoms with van der Waals surface area (Å²) < 4.78 is 0. The number of rotatable bonds is 1. The van der Waals surface area contributed by atoms with Crippen LogP contribution in [0, 0.1) is 0 Å². The molecule has 1 rings (SSSR count). The number of nitrogens with one attached hydrogen (secondary N) is 2.